The number of hydrogen-bond donors (Lipinski definition) is 6. The predicted octanol–water partition coefficient (Wildman–Crippen LogP) is -0.0144. The molecule has 2 aromatic rings. The number of phosphoric acid groups is 3. The first kappa shape index (κ1) is 27.4. The Morgan fingerprint density at radius 3 is 2.57 bits per heavy atom. The number of aliphatic hydroxyl groups excluding tert-OH is 1. The number of ether oxygens (including phenoxy) is 1. The van der Waals surface area contributed by atoms with Gasteiger partial charge in [0.05, 0.1) is 19.0 Å². The fourth-order valence-corrected chi connectivity index (χ4v) is 6.19. The number of rotatable bonds is 11. The van der Waals surface area contributed by atoms with Crippen molar-refractivity contribution >= 4 is 40.6 Å². The third-order valence-electron chi connectivity index (χ3n) is 4.12. The number of azide groups is 1. The normalized spacial score (nSPS) is 25.4. The number of nitrogens with zero attached hydrogens (tertiary/aromatic N) is 6. The van der Waals surface area contributed by atoms with E-state index in [-0.39, 0.29) is 23.5 Å². The molecule has 1 aliphatic rings. The van der Waals surface area contributed by atoms with Gasteiger partial charge in [0.25, 0.3) is 5.56 Å². The van der Waals surface area contributed by atoms with Gasteiger partial charge in [0.2, 0.25) is 5.95 Å². The van der Waals surface area contributed by atoms with E-state index in [2.05, 4.69) is 42.6 Å². The molecule has 0 aliphatic carbocycles. The van der Waals surface area contributed by atoms with Crippen LogP contribution in [0.3, 0.4) is 0 Å². The molecule has 3 rings (SSSR count). The topological polar surface area (TPSA) is 317 Å². The first-order valence-corrected chi connectivity index (χ1v) is 13.5. The highest BCUT2D eigenvalue weighted by atomic mass is 31.3. The predicted molar refractivity (Wildman–Crippen MR) is 110 cm³/mol. The van der Waals surface area contributed by atoms with Crippen LogP contribution in [0, 0.1) is 0 Å². The van der Waals surface area contributed by atoms with Crippen molar-refractivity contribution in [3.05, 3.63) is 27.1 Å². The van der Waals surface area contributed by atoms with E-state index in [1.165, 1.54) is 10.9 Å². The van der Waals surface area contributed by atoms with Crippen molar-refractivity contribution in [2.45, 2.75) is 24.9 Å². The summed E-state index contributed by atoms with van der Waals surface area (Å²) in [5, 5.41) is 12.9. The molecule has 3 heterocycles. The van der Waals surface area contributed by atoms with Crippen LogP contribution in [-0.2, 0) is 36.1 Å². The number of aliphatic hydroxyl groups is 1. The number of hydrogen-bond acceptors (Lipinski definition) is 14. The molecule has 194 valence electrons. The number of imidazole rings is 1. The third-order valence-corrected chi connectivity index (χ3v) is 8.34. The average Bonchev–Trinajstić information content (AvgIpc) is 3.28. The molecule has 0 spiro atoms. The van der Waals surface area contributed by atoms with E-state index in [4.69, 9.17) is 16.0 Å². The first-order valence-electron chi connectivity index (χ1n) is 8.99. The zero-order chi connectivity index (χ0) is 26.0. The lowest BCUT2D eigenvalue weighted by Crippen LogP contribution is -2.26. The standard InChI is InChI=1S/C11H17N8O13P3/c12-11-16-9-8(10(21)17-11)14-3-19(9)7-1-5(20)6(30-7)2-28-33(22,23)31-35(26,27)32-34(24,25)29-4-15-18-13/h3,5-7,20H,1-2,4H2,(H,22,23)(H,24,25)(H,26,27)(H3,12,16,17,21)/t5-,6+,7+/m0/s1. The highest BCUT2D eigenvalue weighted by Gasteiger charge is 2.44. The Hall–Kier alpha value is -2.21. The van der Waals surface area contributed by atoms with E-state index >= 15 is 0 Å². The molecule has 24 heteroatoms. The molecule has 1 saturated heterocycles. The van der Waals surface area contributed by atoms with Crippen LogP contribution >= 0.6 is 23.5 Å². The van der Waals surface area contributed by atoms with Crippen molar-refractivity contribution in [2.75, 3.05) is 19.1 Å². The first-order chi connectivity index (χ1) is 16.2. The van der Waals surface area contributed by atoms with Gasteiger partial charge in [0.1, 0.15) is 19.1 Å². The fourth-order valence-electron chi connectivity index (χ4n) is 2.80. The van der Waals surface area contributed by atoms with Crippen molar-refractivity contribution in [3.63, 3.8) is 0 Å². The van der Waals surface area contributed by atoms with Crippen LogP contribution in [0.2, 0.25) is 0 Å². The summed E-state index contributed by atoms with van der Waals surface area (Å²) in [5.41, 5.74) is 12.9. The molecule has 1 aliphatic heterocycles. The largest absolute Gasteiger partial charge is 0.490 e. The van der Waals surface area contributed by atoms with E-state index < -0.39 is 60.8 Å². The Bertz CT molecular complexity index is 1340. The van der Waals surface area contributed by atoms with E-state index in [0.717, 1.165) is 0 Å². The van der Waals surface area contributed by atoms with Gasteiger partial charge in [0, 0.05) is 11.3 Å². The summed E-state index contributed by atoms with van der Waals surface area (Å²) < 4.78 is 58.3. The Kier molecular flexibility index (Phi) is 8.15. The number of aromatic amines is 1. The van der Waals surface area contributed by atoms with Crippen LogP contribution in [-0.4, -0.2) is 64.9 Å². The summed E-state index contributed by atoms with van der Waals surface area (Å²) in [6.45, 7) is -1.93. The molecule has 0 bridgehead atoms. The summed E-state index contributed by atoms with van der Waals surface area (Å²) in [6, 6.07) is 0. The zero-order valence-corrected chi connectivity index (χ0v) is 19.7. The van der Waals surface area contributed by atoms with Crippen molar-refractivity contribution < 1.29 is 55.9 Å². The minimum absolute atomic E-state index is 0.0376. The summed E-state index contributed by atoms with van der Waals surface area (Å²) in [6.07, 6.45) is -2.44. The van der Waals surface area contributed by atoms with Gasteiger partial charge in [-0.15, -0.1) is 0 Å². The molecule has 1 fully saturated rings. The van der Waals surface area contributed by atoms with E-state index in [1.54, 1.807) is 0 Å². The molecule has 0 amide bonds. The lowest BCUT2D eigenvalue weighted by atomic mass is 10.2. The monoisotopic (exact) mass is 562 g/mol. The third kappa shape index (κ3) is 7.16. The molecule has 7 N–H and O–H groups in total. The lowest BCUT2D eigenvalue weighted by molar-refractivity contribution is -0.0423. The van der Waals surface area contributed by atoms with Crippen LogP contribution in [0.15, 0.2) is 16.2 Å². The maximum absolute atomic E-state index is 12.0. The SMILES string of the molecule is [N-]=[N+]=NCOP(=O)(O)OP(=O)(O)OP(=O)(O)OC[C@H]1O[C@@H](n2cnc3c(=O)[nH]c(N)nc32)C[C@@H]1O. The quantitative estimate of drug-likeness (QED) is 0.0907. The molecule has 3 unspecified atom stereocenters. The maximum atomic E-state index is 12.0. The highest BCUT2D eigenvalue weighted by molar-refractivity contribution is 7.66. The second-order valence-electron chi connectivity index (χ2n) is 6.56. The summed E-state index contributed by atoms with van der Waals surface area (Å²) in [7, 11) is -16.5. The van der Waals surface area contributed by atoms with Gasteiger partial charge < -0.3 is 30.3 Å². The second-order valence-corrected chi connectivity index (χ2v) is 11.2. The van der Waals surface area contributed by atoms with E-state index in [0.29, 0.717) is 0 Å². The van der Waals surface area contributed by atoms with Crippen molar-refractivity contribution in [3.8, 4) is 0 Å². The maximum Gasteiger partial charge on any atom is 0.490 e. The summed E-state index contributed by atoms with van der Waals surface area (Å²) in [5.74, 6) is -0.202. The van der Waals surface area contributed by atoms with Gasteiger partial charge in [-0.1, -0.05) is 5.11 Å². The van der Waals surface area contributed by atoms with Crippen LogP contribution < -0.4 is 11.3 Å². The Balaban J connectivity index is 1.61. The Morgan fingerprint density at radius 1 is 1.26 bits per heavy atom. The van der Waals surface area contributed by atoms with Crippen molar-refractivity contribution in [2.24, 2.45) is 5.11 Å². The molecular weight excluding hydrogens is 545 g/mol. The van der Waals surface area contributed by atoms with Gasteiger partial charge in [-0.25, -0.2) is 18.7 Å². The molecule has 6 atom stereocenters. The Morgan fingerprint density at radius 2 is 1.91 bits per heavy atom. The number of nitrogens with two attached hydrogens (primary N) is 1. The molecule has 0 saturated carbocycles. The number of nitrogen functional groups attached to an aromatic ring is 1. The highest BCUT2D eigenvalue weighted by Crippen LogP contribution is 2.67. The molecule has 0 radical (unpaired) electrons. The number of fused-ring (bicyclic) bond motifs is 1. The van der Waals surface area contributed by atoms with Gasteiger partial charge in [0.15, 0.2) is 11.2 Å². The van der Waals surface area contributed by atoms with Gasteiger partial charge in [-0.2, -0.15) is 13.6 Å². The van der Waals surface area contributed by atoms with Gasteiger partial charge >= 0.3 is 23.5 Å². The number of H-pyrrole nitrogens is 1. The average molecular weight is 562 g/mol. The second kappa shape index (κ2) is 10.4. The molecular formula is C11H17N8O13P3. The smallest absolute Gasteiger partial charge is 0.390 e. The minimum Gasteiger partial charge on any atom is -0.390 e. The summed E-state index contributed by atoms with van der Waals surface area (Å²) in [4.78, 5) is 52.5. The van der Waals surface area contributed by atoms with Crippen LogP contribution in [0.5, 0.6) is 0 Å². The fraction of sp³-hybridized carbons (Fsp3) is 0.545. The Labute approximate surface area is 192 Å². The van der Waals surface area contributed by atoms with Crippen LogP contribution in [0.25, 0.3) is 21.6 Å². The number of aromatic nitrogens is 4. The molecule has 2 aromatic heterocycles. The van der Waals surface area contributed by atoms with Crippen molar-refractivity contribution in [1.82, 2.24) is 19.5 Å². The molecule has 35 heavy (non-hydrogen) atoms. The molecule has 0 aromatic carbocycles. The van der Waals surface area contributed by atoms with Crippen LogP contribution in [0.4, 0.5) is 5.95 Å². The number of phosphoric ester groups is 2. The lowest BCUT2D eigenvalue weighted by Gasteiger charge is -2.20. The molecule has 21 nitrogen and oxygen atoms in total. The summed E-state index contributed by atoms with van der Waals surface area (Å²) >= 11 is 0. The number of nitrogens with one attached hydrogen (secondary N) is 1. The number of anilines is 1. The van der Waals surface area contributed by atoms with Gasteiger partial charge in [-0.3, -0.25) is 23.4 Å². The van der Waals surface area contributed by atoms with E-state index in [9.17, 15) is 38.3 Å². The minimum atomic E-state index is -5.73. The van der Waals surface area contributed by atoms with E-state index in [1.807, 2.05) is 0 Å². The van der Waals surface area contributed by atoms with Crippen molar-refractivity contribution in [1.29, 1.82) is 0 Å². The van der Waals surface area contributed by atoms with Gasteiger partial charge in [-0.05, 0) is 5.53 Å². The zero-order valence-electron chi connectivity index (χ0n) is 17.0. The van der Waals surface area contributed by atoms with Crippen LogP contribution in [0.1, 0.15) is 12.6 Å².